The molecular formula is C13H13N3O3. The van der Waals surface area contributed by atoms with Crippen LogP contribution < -0.4 is 0 Å². The Morgan fingerprint density at radius 1 is 1.26 bits per heavy atom. The van der Waals surface area contributed by atoms with Gasteiger partial charge in [0.2, 0.25) is 0 Å². The summed E-state index contributed by atoms with van der Waals surface area (Å²) in [6.45, 7) is 0.0728. The summed E-state index contributed by atoms with van der Waals surface area (Å²) < 4.78 is 1.36. The Morgan fingerprint density at radius 2 is 2.00 bits per heavy atom. The van der Waals surface area contributed by atoms with E-state index in [4.69, 9.17) is 10.2 Å². The highest BCUT2D eigenvalue weighted by Gasteiger charge is 2.16. The summed E-state index contributed by atoms with van der Waals surface area (Å²) in [5.74, 6) is -1.14. The number of aromatic nitrogens is 3. The molecule has 0 atom stereocenters. The molecule has 6 heteroatoms. The Morgan fingerprint density at radius 3 is 2.63 bits per heavy atom. The van der Waals surface area contributed by atoms with E-state index in [0.717, 1.165) is 5.56 Å². The van der Waals surface area contributed by atoms with Gasteiger partial charge in [0.1, 0.15) is 0 Å². The number of carboxylic acid groups (broad SMARTS) is 1. The first-order chi connectivity index (χ1) is 9.22. The molecule has 0 aliphatic rings. The lowest BCUT2D eigenvalue weighted by Gasteiger charge is -2.00. The van der Waals surface area contributed by atoms with Crippen molar-refractivity contribution >= 4 is 18.1 Å². The number of carbonyl (C=O) groups is 1. The summed E-state index contributed by atoms with van der Waals surface area (Å²) in [5.41, 5.74) is 1.18. The zero-order valence-electron chi connectivity index (χ0n) is 10.1. The monoisotopic (exact) mass is 259 g/mol. The van der Waals surface area contributed by atoms with Crippen LogP contribution in [0, 0.1) is 0 Å². The molecule has 1 aromatic carbocycles. The van der Waals surface area contributed by atoms with Gasteiger partial charge in [-0.15, -0.1) is 5.10 Å². The van der Waals surface area contributed by atoms with E-state index in [2.05, 4.69) is 10.3 Å². The second kappa shape index (κ2) is 5.92. The molecule has 0 spiro atoms. The molecule has 98 valence electrons. The first-order valence-corrected chi connectivity index (χ1v) is 5.73. The number of rotatable bonds is 5. The van der Waals surface area contributed by atoms with Crippen molar-refractivity contribution in [3.8, 4) is 0 Å². The molecule has 0 saturated heterocycles. The molecule has 0 aliphatic heterocycles. The third-order valence-corrected chi connectivity index (χ3v) is 2.52. The van der Waals surface area contributed by atoms with Crippen molar-refractivity contribution in [2.75, 3.05) is 6.61 Å². The van der Waals surface area contributed by atoms with Crippen molar-refractivity contribution in [1.29, 1.82) is 0 Å². The molecule has 0 fully saturated rings. The molecule has 2 aromatic rings. The van der Waals surface area contributed by atoms with Gasteiger partial charge in [0.05, 0.1) is 18.8 Å². The minimum absolute atomic E-state index is 0.124. The largest absolute Gasteiger partial charge is 0.476 e. The Kier molecular flexibility index (Phi) is 4.04. The highest BCUT2D eigenvalue weighted by molar-refractivity contribution is 5.90. The number of aliphatic hydroxyl groups is 1. The number of nitrogens with zero attached hydrogens (tertiary/aromatic N) is 3. The van der Waals surface area contributed by atoms with E-state index in [1.165, 1.54) is 4.68 Å². The first-order valence-electron chi connectivity index (χ1n) is 5.73. The fourth-order valence-corrected chi connectivity index (χ4v) is 1.64. The lowest BCUT2D eigenvalue weighted by molar-refractivity contribution is 0.0690. The Bertz CT molecular complexity index is 590. The quantitative estimate of drug-likeness (QED) is 0.840. The van der Waals surface area contributed by atoms with Crippen LogP contribution in [0.2, 0.25) is 0 Å². The first kappa shape index (κ1) is 13.0. The smallest absolute Gasteiger partial charge is 0.358 e. The summed E-state index contributed by atoms with van der Waals surface area (Å²) in [6, 6.07) is 9.48. The van der Waals surface area contributed by atoms with Crippen molar-refractivity contribution in [1.82, 2.24) is 15.0 Å². The SMILES string of the molecule is O=C(O)c1nnn(CCO)c1/C=C/c1ccccc1. The van der Waals surface area contributed by atoms with E-state index >= 15 is 0 Å². The van der Waals surface area contributed by atoms with E-state index in [0.29, 0.717) is 5.69 Å². The molecule has 2 N–H and O–H groups in total. The number of hydrogen-bond acceptors (Lipinski definition) is 4. The summed E-state index contributed by atoms with van der Waals surface area (Å²) in [4.78, 5) is 11.0. The molecule has 0 radical (unpaired) electrons. The second-order valence-electron chi connectivity index (χ2n) is 3.82. The standard InChI is InChI=1S/C13H13N3O3/c17-9-8-16-11(12(13(18)19)14-15-16)7-6-10-4-2-1-3-5-10/h1-7,17H,8-9H2,(H,18,19)/b7-6+. The number of hydrogen-bond donors (Lipinski definition) is 2. The van der Waals surface area contributed by atoms with Crippen molar-refractivity contribution < 1.29 is 15.0 Å². The van der Waals surface area contributed by atoms with E-state index in [-0.39, 0.29) is 18.8 Å². The lowest BCUT2D eigenvalue weighted by atomic mass is 10.2. The van der Waals surface area contributed by atoms with Crippen LogP contribution in [0.4, 0.5) is 0 Å². The summed E-state index contributed by atoms with van der Waals surface area (Å²) in [6.07, 6.45) is 3.41. The predicted molar refractivity (Wildman–Crippen MR) is 69.4 cm³/mol. The van der Waals surface area contributed by atoms with Gasteiger partial charge in [-0.3, -0.25) is 0 Å². The highest BCUT2D eigenvalue weighted by atomic mass is 16.4. The van der Waals surface area contributed by atoms with Gasteiger partial charge in [-0.05, 0) is 11.6 Å². The maximum Gasteiger partial charge on any atom is 0.358 e. The molecule has 6 nitrogen and oxygen atoms in total. The van der Waals surface area contributed by atoms with Gasteiger partial charge in [0, 0.05) is 0 Å². The highest BCUT2D eigenvalue weighted by Crippen LogP contribution is 2.11. The Labute approximate surface area is 109 Å². The fraction of sp³-hybridized carbons (Fsp3) is 0.154. The van der Waals surface area contributed by atoms with Crippen molar-refractivity contribution in [3.63, 3.8) is 0 Å². The van der Waals surface area contributed by atoms with Gasteiger partial charge in [0.25, 0.3) is 0 Å². The van der Waals surface area contributed by atoms with E-state index in [1.54, 1.807) is 12.2 Å². The van der Waals surface area contributed by atoms with Crippen LogP contribution in [-0.2, 0) is 6.54 Å². The summed E-state index contributed by atoms with van der Waals surface area (Å²) in [7, 11) is 0. The van der Waals surface area contributed by atoms with Crippen LogP contribution in [-0.4, -0.2) is 37.8 Å². The van der Waals surface area contributed by atoms with Gasteiger partial charge in [-0.25, -0.2) is 9.48 Å². The summed E-state index contributed by atoms with van der Waals surface area (Å²) in [5, 5.41) is 25.3. The topological polar surface area (TPSA) is 88.2 Å². The minimum Gasteiger partial charge on any atom is -0.476 e. The van der Waals surface area contributed by atoms with E-state index in [9.17, 15) is 4.79 Å². The van der Waals surface area contributed by atoms with Crippen LogP contribution in [0.1, 0.15) is 21.7 Å². The van der Waals surface area contributed by atoms with Gasteiger partial charge >= 0.3 is 5.97 Å². The number of aliphatic hydroxyl groups excluding tert-OH is 1. The maximum atomic E-state index is 11.0. The molecule has 0 aliphatic carbocycles. The maximum absolute atomic E-state index is 11.0. The average Bonchev–Trinajstić information content (AvgIpc) is 2.81. The van der Waals surface area contributed by atoms with Crippen LogP contribution in [0.15, 0.2) is 30.3 Å². The van der Waals surface area contributed by atoms with Crippen molar-refractivity contribution in [2.24, 2.45) is 0 Å². The zero-order chi connectivity index (χ0) is 13.7. The zero-order valence-corrected chi connectivity index (χ0v) is 10.1. The van der Waals surface area contributed by atoms with Crippen molar-refractivity contribution in [2.45, 2.75) is 6.54 Å². The predicted octanol–water partition coefficient (Wildman–Crippen LogP) is 1.14. The second-order valence-corrected chi connectivity index (χ2v) is 3.82. The number of carboxylic acids is 1. The molecule has 0 unspecified atom stereocenters. The molecular weight excluding hydrogens is 246 g/mol. The molecule has 1 heterocycles. The van der Waals surface area contributed by atoms with Crippen LogP contribution in [0.25, 0.3) is 12.2 Å². The van der Waals surface area contributed by atoms with Gasteiger partial charge in [0.15, 0.2) is 5.69 Å². The van der Waals surface area contributed by atoms with Gasteiger partial charge < -0.3 is 10.2 Å². The van der Waals surface area contributed by atoms with Crippen LogP contribution >= 0.6 is 0 Å². The van der Waals surface area contributed by atoms with E-state index in [1.807, 2.05) is 30.3 Å². The molecule has 0 saturated carbocycles. The minimum atomic E-state index is -1.14. The van der Waals surface area contributed by atoms with E-state index < -0.39 is 5.97 Å². The van der Waals surface area contributed by atoms with Crippen molar-refractivity contribution in [3.05, 3.63) is 47.3 Å². The fourth-order valence-electron chi connectivity index (χ4n) is 1.64. The number of benzene rings is 1. The third kappa shape index (κ3) is 3.05. The molecule has 2 rings (SSSR count). The Hall–Kier alpha value is -2.47. The summed E-state index contributed by atoms with van der Waals surface area (Å²) >= 11 is 0. The normalized spacial score (nSPS) is 11.0. The molecule has 0 bridgehead atoms. The molecule has 19 heavy (non-hydrogen) atoms. The number of aromatic carboxylic acids is 1. The molecule has 1 aromatic heterocycles. The van der Waals surface area contributed by atoms with Gasteiger partial charge in [-0.2, -0.15) is 0 Å². The third-order valence-electron chi connectivity index (χ3n) is 2.52. The average molecular weight is 259 g/mol. The van der Waals surface area contributed by atoms with Gasteiger partial charge in [-0.1, -0.05) is 41.6 Å². The Balaban J connectivity index is 2.34. The lowest BCUT2D eigenvalue weighted by Crippen LogP contribution is -2.07. The van der Waals surface area contributed by atoms with Crippen LogP contribution in [0.5, 0.6) is 0 Å². The van der Waals surface area contributed by atoms with Crippen LogP contribution in [0.3, 0.4) is 0 Å². The molecule has 0 amide bonds.